The van der Waals surface area contributed by atoms with Crippen LogP contribution in [0.5, 0.6) is 0 Å². The first-order valence-electron chi connectivity index (χ1n) is 4.85. The average molecular weight is 228 g/mol. The van der Waals surface area contributed by atoms with E-state index in [1.54, 1.807) is 18.4 Å². The van der Waals surface area contributed by atoms with E-state index in [0.717, 1.165) is 17.8 Å². The van der Waals surface area contributed by atoms with Crippen LogP contribution in [0, 0.1) is 0 Å². The van der Waals surface area contributed by atoms with E-state index in [0.29, 0.717) is 12.1 Å². The second-order valence-corrected chi connectivity index (χ2v) is 4.48. The Balaban J connectivity index is 2.29. The first kappa shape index (κ1) is 12.2. The molecule has 0 aliphatic rings. The molecule has 4 N–H and O–H groups in total. The fourth-order valence-electron chi connectivity index (χ4n) is 1.13. The zero-order valence-corrected chi connectivity index (χ0v) is 9.51. The summed E-state index contributed by atoms with van der Waals surface area (Å²) in [4.78, 5) is 11.9. The zero-order chi connectivity index (χ0) is 11.3. The van der Waals surface area contributed by atoms with Crippen LogP contribution >= 0.6 is 11.3 Å². The van der Waals surface area contributed by atoms with Crippen molar-refractivity contribution in [1.82, 2.24) is 5.32 Å². The third-order valence-corrected chi connectivity index (χ3v) is 2.91. The summed E-state index contributed by atoms with van der Waals surface area (Å²) in [5, 5.41) is 14.0. The summed E-state index contributed by atoms with van der Waals surface area (Å²) in [6.07, 6.45) is 0.454. The Labute approximate surface area is 93.1 Å². The lowest BCUT2D eigenvalue weighted by Gasteiger charge is -2.04. The number of hydrogen-bond acceptors (Lipinski definition) is 4. The molecule has 0 bridgehead atoms. The van der Waals surface area contributed by atoms with Gasteiger partial charge >= 0.3 is 0 Å². The molecule has 1 heterocycles. The van der Waals surface area contributed by atoms with Crippen LogP contribution in [0.1, 0.15) is 28.6 Å². The van der Waals surface area contributed by atoms with E-state index in [1.807, 2.05) is 0 Å². The van der Waals surface area contributed by atoms with Crippen LogP contribution in [0.4, 0.5) is 0 Å². The third kappa shape index (κ3) is 4.42. The standard InChI is InChI=1S/C10H16N2O2S/c1-7(13)2-3-12-5-9-4-8(6-15-9)10(11)14/h4,6-7,12-13H,2-3,5H2,1H3,(H2,11,14). The predicted octanol–water partition coefficient (Wildman–Crippen LogP) is 0.707. The number of rotatable bonds is 6. The molecule has 15 heavy (non-hydrogen) atoms. The number of aliphatic hydroxyl groups excluding tert-OH is 1. The average Bonchev–Trinajstić information content (AvgIpc) is 2.60. The predicted molar refractivity (Wildman–Crippen MR) is 60.8 cm³/mol. The van der Waals surface area contributed by atoms with Crippen LogP contribution < -0.4 is 11.1 Å². The summed E-state index contributed by atoms with van der Waals surface area (Å²) >= 11 is 1.51. The summed E-state index contributed by atoms with van der Waals surface area (Å²) < 4.78 is 0. The first-order valence-corrected chi connectivity index (χ1v) is 5.73. The molecule has 0 radical (unpaired) electrons. The summed E-state index contributed by atoms with van der Waals surface area (Å²) in [5.41, 5.74) is 5.70. The monoisotopic (exact) mass is 228 g/mol. The van der Waals surface area contributed by atoms with Crippen LogP contribution in [0.2, 0.25) is 0 Å². The minimum absolute atomic E-state index is 0.276. The molecule has 4 nitrogen and oxygen atoms in total. The van der Waals surface area contributed by atoms with Crippen molar-refractivity contribution in [3.8, 4) is 0 Å². The molecule has 0 aliphatic carbocycles. The number of nitrogens with one attached hydrogen (secondary N) is 1. The highest BCUT2D eigenvalue weighted by Crippen LogP contribution is 2.13. The highest BCUT2D eigenvalue weighted by molar-refractivity contribution is 7.10. The second-order valence-electron chi connectivity index (χ2n) is 3.48. The van der Waals surface area contributed by atoms with Crippen LogP contribution in [-0.2, 0) is 6.54 Å². The van der Waals surface area contributed by atoms with E-state index >= 15 is 0 Å². The molecule has 1 aromatic rings. The number of carbonyl (C=O) groups excluding carboxylic acids is 1. The van der Waals surface area contributed by atoms with Crippen molar-refractivity contribution >= 4 is 17.2 Å². The van der Waals surface area contributed by atoms with Gasteiger partial charge < -0.3 is 16.2 Å². The van der Waals surface area contributed by atoms with E-state index in [1.165, 1.54) is 11.3 Å². The molecule has 0 aromatic carbocycles. The van der Waals surface area contributed by atoms with Gasteiger partial charge in [-0.3, -0.25) is 4.79 Å². The Morgan fingerprint density at radius 1 is 1.73 bits per heavy atom. The molecule has 1 atom stereocenters. The maximum Gasteiger partial charge on any atom is 0.249 e. The van der Waals surface area contributed by atoms with Gasteiger partial charge in [-0.05, 0) is 26.0 Å². The van der Waals surface area contributed by atoms with Crippen molar-refractivity contribution in [3.05, 3.63) is 21.9 Å². The van der Waals surface area contributed by atoms with Crippen molar-refractivity contribution in [2.24, 2.45) is 5.73 Å². The maximum absolute atomic E-state index is 10.8. The van der Waals surface area contributed by atoms with E-state index in [4.69, 9.17) is 10.8 Å². The van der Waals surface area contributed by atoms with Gasteiger partial charge in [-0.1, -0.05) is 0 Å². The van der Waals surface area contributed by atoms with Gasteiger partial charge in [0.15, 0.2) is 0 Å². The minimum Gasteiger partial charge on any atom is -0.393 e. The highest BCUT2D eigenvalue weighted by atomic mass is 32.1. The smallest absolute Gasteiger partial charge is 0.249 e. The van der Waals surface area contributed by atoms with Gasteiger partial charge in [-0.15, -0.1) is 11.3 Å². The molecule has 0 fully saturated rings. The molecule has 1 aromatic heterocycles. The Morgan fingerprint density at radius 2 is 2.47 bits per heavy atom. The number of amides is 1. The van der Waals surface area contributed by atoms with Crippen molar-refractivity contribution in [1.29, 1.82) is 0 Å². The Hall–Kier alpha value is -0.910. The summed E-state index contributed by atoms with van der Waals surface area (Å²) in [6.45, 7) is 3.24. The van der Waals surface area contributed by atoms with E-state index in [9.17, 15) is 4.79 Å². The summed E-state index contributed by atoms with van der Waals surface area (Å²) in [7, 11) is 0. The second kappa shape index (κ2) is 5.85. The van der Waals surface area contributed by atoms with Crippen LogP contribution in [-0.4, -0.2) is 23.7 Å². The van der Waals surface area contributed by atoms with Gasteiger partial charge in [0.05, 0.1) is 11.7 Å². The van der Waals surface area contributed by atoms with Gasteiger partial charge in [0.1, 0.15) is 0 Å². The van der Waals surface area contributed by atoms with Crippen LogP contribution in [0.15, 0.2) is 11.4 Å². The largest absolute Gasteiger partial charge is 0.393 e. The Morgan fingerprint density at radius 3 is 3.00 bits per heavy atom. The summed E-state index contributed by atoms with van der Waals surface area (Å²) in [6, 6.07) is 1.79. The van der Waals surface area contributed by atoms with Gasteiger partial charge in [-0.2, -0.15) is 0 Å². The Bertz CT molecular complexity index is 323. The van der Waals surface area contributed by atoms with Crippen LogP contribution in [0.3, 0.4) is 0 Å². The molecular formula is C10H16N2O2S. The molecule has 1 rings (SSSR count). The third-order valence-electron chi connectivity index (χ3n) is 1.98. The molecule has 5 heteroatoms. The molecule has 84 valence electrons. The quantitative estimate of drug-likeness (QED) is 0.628. The molecule has 1 amide bonds. The normalized spacial score (nSPS) is 12.7. The van der Waals surface area contributed by atoms with E-state index < -0.39 is 0 Å². The van der Waals surface area contributed by atoms with Gasteiger partial charge in [0.2, 0.25) is 5.91 Å². The topological polar surface area (TPSA) is 75.3 Å². The van der Waals surface area contributed by atoms with Gasteiger partial charge in [-0.25, -0.2) is 0 Å². The van der Waals surface area contributed by atoms with Crippen molar-refractivity contribution in [2.45, 2.75) is 26.0 Å². The minimum atomic E-state index is -0.388. The van der Waals surface area contributed by atoms with Crippen molar-refractivity contribution in [3.63, 3.8) is 0 Å². The van der Waals surface area contributed by atoms with Crippen LogP contribution in [0.25, 0.3) is 0 Å². The SMILES string of the molecule is CC(O)CCNCc1cc(C(N)=O)cs1. The fraction of sp³-hybridized carbons (Fsp3) is 0.500. The van der Waals surface area contributed by atoms with E-state index in [-0.39, 0.29) is 12.0 Å². The molecule has 1 unspecified atom stereocenters. The molecule has 0 spiro atoms. The first-order chi connectivity index (χ1) is 7.09. The Kier molecular flexibility index (Phi) is 4.74. The molecule has 0 aliphatic heterocycles. The number of nitrogens with two attached hydrogens (primary N) is 1. The lowest BCUT2D eigenvalue weighted by atomic mass is 10.3. The van der Waals surface area contributed by atoms with Crippen molar-refractivity contribution < 1.29 is 9.90 Å². The number of thiophene rings is 1. The zero-order valence-electron chi connectivity index (χ0n) is 8.69. The van der Waals surface area contributed by atoms with Gasteiger partial charge in [0, 0.05) is 16.8 Å². The van der Waals surface area contributed by atoms with Gasteiger partial charge in [0.25, 0.3) is 0 Å². The fourth-order valence-corrected chi connectivity index (χ4v) is 1.97. The summed E-state index contributed by atoms with van der Waals surface area (Å²) in [5.74, 6) is -0.388. The molecule has 0 saturated carbocycles. The van der Waals surface area contributed by atoms with Crippen molar-refractivity contribution in [2.75, 3.05) is 6.54 Å². The molecule has 0 saturated heterocycles. The highest BCUT2D eigenvalue weighted by Gasteiger charge is 2.04. The number of aliphatic hydroxyl groups is 1. The lowest BCUT2D eigenvalue weighted by molar-refractivity contribution is 0.100. The van der Waals surface area contributed by atoms with E-state index in [2.05, 4.69) is 5.32 Å². The lowest BCUT2D eigenvalue weighted by Crippen LogP contribution is -2.18. The number of primary amides is 1. The molecular weight excluding hydrogens is 212 g/mol. The maximum atomic E-state index is 10.8. The number of hydrogen-bond donors (Lipinski definition) is 3. The number of carbonyl (C=O) groups is 1.